The molecule has 2 aromatic rings. The van der Waals surface area contributed by atoms with Crippen molar-refractivity contribution in [2.45, 2.75) is 83.4 Å². The highest BCUT2D eigenvalue weighted by atomic mass is 19.4. The summed E-state index contributed by atoms with van der Waals surface area (Å²) in [6, 6.07) is 5.11. The van der Waals surface area contributed by atoms with E-state index in [1.165, 1.54) is 28.0 Å². The molecule has 12 heteroatoms. The summed E-state index contributed by atoms with van der Waals surface area (Å²) in [5.74, 6) is -2.27. The van der Waals surface area contributed by atoms with Crippen LogP contribution in [-0.2, 0) is 28.4 Å². The largest absolute Gasteiger partial charge is 0.444 e. The van der Waals surface area contributed by atoms with Crippen LogP contribution in [0.4, 0.5) is 35.5 Å². The Hall–Kier alpha value is -3.31. The average Bonchev–Trinajstić information content (AvgIpc) is 3.70. The minimum absolute atomic E-state index is 0.0620. The number of alkyl halides is 6. The molecular weight excluding hydrogens is 569 g/mol. The molecule has 0 aromatic heterocycles. The van der Waals surface area contributed by atoms with Gasteiger partial charge in [-0.25, -0.2) is 9.18 Å². The third-order valence-electron chi connectivity index (χ3n) is 7.48. The van der Waals surface area contributed by atoms with E-state index in [1.807, 2.05) is 0 Å². The van der Waals surface area contributed by atoms with Gasteiger partial charge >= 0.3 is 18.4 Å². The number of aryl methyl sites for hydroxylation is 1. The number of nitrogens with zero attached hydrogens (tertiary/aromatic N) is 2. The molecular formula is C30H33F7N2O3. The third-order valence-corrected chi connectivity index (χ3v) is 7.48. The van der Waals surface area contributed by atoms with Gasteiger partial charge in [-0.1, -0.05) is 6.07 Å². The van der Waals surface area contributed by atoms with Gasteiger partial charge in [0.1, 0.15) is 11.4 Å². The summed E-state index contributed by atoms with van der Waals surface area (Å²) in [6.45, 7) is 6.61. The Morgan fingerprint density at radius 2 is 1.52 bits per heavy atom. The first kappa shape index (κ1) is 31.6. The van der Waals surface area contributed by atoms with Gasteiger partial charge in [0.15, 0.2) is 0 Å². The predicted molar refractivity (Wildman–Crippen MR) is 140 cm³/mol. The number of halogens is 7. The van der Waals surface area contributed by atoms with Crippen LogP contribution in [0.15, 0.2) is 36.4 Å². The second-order valence-electron chi connectivity index (χ2n) is 12.0. The van der Waals surface area contributed by atoms with E-state index in [9.17, 15) is 40.3 Å². The van der Waals surface area contributed by atoms with Gasteiger partial charge in [-0.15, -0.1) is 0 Å². The maximum Gasteiger partial charge on any atom is 0.416 e. The van der Waals surface area contributed by atoms with Gasteiger partial charge in [-0.2, -0.15) is 26.3 Å². The molecule has 5 nitrogen and oxygen atoms in total. The van der Waals surface area contributed by atoms with E-state index >= 15 is 0 Å². The summed E-state index contributed by atoms with van der Waals surface area (Å²) >= 11 is 0. The van der Waals surface area contributed by atoms with Crippen LogP contribution in [0, 0.1) is 18.7 Å². The summed E-state index contributed by atoms with van der Waals surface area (Å²) in [5.41, 5.74) is -2.76. The Bertz CT molecular complexity index is 1300. The van der Waals surface area contributed by atoms with Gasteiger partial charge in [-0.3, -0.25) is 4.79 Å². The zero-order chi connectivity index (χ0) is 31.2. The minimum Gasteiger partial charge on any atom is -0.444 e. The SMILES string of the molecule is Cc1cc(F)ccc1[C@@H]1CN(C(=O)OC(C)(C)C)CC[C@H]1C(=O)N(Cc1cc(C(F)(F)F)cc(C(F)(F)F)c1)C1CC1. The number of carbonyl (C=O) groups is 2. The van der Waals surface area contributed by atoms with E-state index in [1.54, 1.807) is 27.7 Å². The van der Waals surface area contributed by atoms with Crippen molar-refractivity contribution in [1.29, 1.82) is 0 Å². The molecule has 2 aliphatic rings. The van der Waals surface area contributed by atoms with Gasteiger partial charge in [0.05, 0.1) is 11.1 Å². The van der Waals surface area contributed by atoms with Crippen LogP contribution in [-0.4, -0.2) is 46.5 Å². The molecule has 0 unspecified atom stereocenters. The number of carbonyl (C=O) groups excluding carboxylic acids is 2. The van der Waals surface area contributed by atoms with Crippen molar-refractivity contribution in [2.75, 3.05) is 13.1 Å². The predicted octanol–water partition coefficient (Wildman–Crippen LogP) is 7.70. The lowest BCUT2D eigenvalue weighted by Gasteiger charge is -2.41. The molecule has 2 fully saturated rings. The summed E-state index contributed by atoms with van der Waals surface area (Å²) in [5, 5.41) is 0. The lowest BCUT2D eigenvalue weighted by molar-refractivity contribution is -0.143. The smallest absolute Gasteiger partial charge is 0.416 e. The van der Waals surface area contributed by atoms with Crippen molar-refractivity contribution >= 4 is 12.0 Å². The second-order valence-corrected chi connectivity index (χ2v) is 12.0. The molecule has 0 radical (unpaired) electrons. The van der Waals surface area contributed by atoms with Crippen molar-refractivity contribution in [2.24, 2.45) is 5.92 Å². The maximum atomic E-state index is 14.1. The zero-order valence-corrected chi connectivity index (χ0v) is 23.7. The Morgan fingerprint density at radius 1 is 0.929 bits per heavy atom. The average molecular weight is 603 g/mol. The molecule has 1 saturated carbocycles. The molecule has 4 rings (SSSR count). The van der Waals surface area contributed by atoms with Crippen molar-refractivity contribution in [3.63, 3.8) is 0 Å². The van der Waals surface area contributed by atoms with Gasteiger partial charge in [0, 0.05) is 37.5 Å². The normalized spacial score (nSPS) is 19.9. The lowest BCUT2D eigenvalue weighted by atomic mass is 9.78. The fourth-order valence-corrected chi connectivity index (χ4v) is 5.40. The van der Waals surface area contributed by atoms with Crippen molar-refractivity contribution < 1.29 is 45.1 Å². The van der Waals surface area contributed by atoms with Gasteiger partial charge in [-0.05, 0) is 94.0 Å². The Kier molecular flexibility index (Phi) is 8.59. The fraction of sp³-hybridized carbons (Fsp3) is 0.533. The molecule has 1 aliphatic carbocycles. The summed E-state index contributed by atoms with van der Waals surface area (Å²) in [7, 11) is 0. The monoisotopic (exact) mass is 602 g/mol. The van der Waals surface area contributed by atoms with E-state index in [0.717, 1.165) is 0 Å². The molecule has 0 spiro atoms. The van der Waals surface area contributed by atoms with Gasteiger partial charge < -0.3 is 14.5 Å². The molecule has 1 aliphatic heterocycles. The maximum absolute atomic E-state index is 14.1. The molecule has 1 saturated heterocycles. The van der Waals surface area contributed by atoms with Crippen LogP contribution in [0.2, 0.25) is 0 Å². The number of amides is 2. The highest BCUT2D eigenvalue weighted by Gasteiger charge is 2.44. The fourth-order valence-electron chi connectivity index (χ4n) is 5.40. The molecule has 0 bridgehead atoms. The molecule has 2 atom stereocenters. The van der Waals surface area contributed by atoms with Gasteiger partial charge in [0.2, 0.25) is 5.91 Å². The molecule has 2 aromatic carbocycles. The molecule has 2 amide bonds. The highest BCUT2D eigenvalue weighted by Crippen LogP contribution is 2.41. The number of hydrogen-bond acceptors (Lipinski definition) is 3. The number of ether oxygens (including phenoxy) is 1. The van der Waals surface area contributed by atoms with Crippen LogP contribution in [0.1, 0.15) is 73.8 Å². The first-order valence-corrected chi connectivity index (χ1v) is 13.7. The Balaban J connectivity index is 1.68. The summed E-state index contributed by atoms with van der Waals surface area (Å²) < 4.78 is 100. The molecule has 42 heavy (non-hydrogen) atoms. The van der Waals surface area contributed by atoms with Crippen LogP contribution in [0.3, 0.4) is 0 Å². The van der Waals surface area contributed by atoms with E-state index in [4.69, 9.17) is 4.74 Å². The summed E-state index contributed by atoms with van der Waals surface area (Å²) in [6.07, 6.45) is -9.30. The second kappa shape index (κ2) is 11.4. The van der Waals surface area contributed by atoms with Crippen molar-refractivity contribution in [3.05, 3.63) is 70.0 Å². The third kappa shape index (κ3) is 7.55. The van der Waals surface area contributed by atoms with Crippen molar-refractivity contribution in [1.82, 2.24) is 9.80 Å². The van der Waals surface area contributed by atoms with Crippen LogP contribution < -0.4 is 0 Å². The van der Waals surface area contributed by atoms with Crippen LogP contribution >= 0.6 is 0 Å². The molecule has 1 heterocycles. The minimum atomic E-state index is -5.01. The number of piperidine rings is 1. The number of hydrogen-bond donors (Lipinski definition) is 0. The van der Waals surface area contributed by atoms with Crippen LogP contribution in [0.5, 0.6) is 0 Å². The van der Waals surface area contributed by atoms with E-state index in [0.29, 0.717) is 36.1 Å². The van der Waals surface area contributed by atoms with E-state index in [2.05, 4.69) is 0 Å². The molecule has 0 N–H and O–H groups in total. The standard InChI is InChI=1S/C30H33F7N2O3/c1-17-11-21(31)5-8-23(17)25-16-38(27(41)42-28(2,3)4)10-9-24(25)26(40)39(22-6-7-22)15-18-12-19(29(32,33)34)14-20(13-18)30(35,36)37/h5,8,11-14,22,24-25H,6-7,9-10,15-16H2,1-4H3/t24-,25+/m1/s1. The van der Waals surface area contributed by atoms with Crippen LogP contribution in [0.25, 0.3) is 0 Å². The quantitative estimate of drug-likeness (QED) is 0.330. The lowest BCUT2D eigenvalue weighted by Crippen LogP contribution is -2.49. The van der Waals surface area contributed by atoms with Crippen molar-refractivity contribution in [3.8, 4) is 0 Å². The number of rotatable bonds is 5. The molecule has 230 valence electrons. The van der Waals surface area contributed by atoms with Gasteiger partial charge in [0.25, 0.3) is 0 Å². The van der Waals surface area contributed by atoms with E-state index in [-0.39, 0.29) is 37.2 Å². The Labute approximate surface area is 239 Å². The topological polar surface area (TPSA) is 49.9 Å². The highest BCUT2D eigenvalue weighted by molar-refractivity contribution is 5.81. The number of benzene rings is 2. The number of likely N-dealkylation sites (tertiary alicyclic amines) is 1. The first-order chi connectivity index (χ1) is 19.3. The summed E-state index contributed by atoms with van der Waals surface area (Å²) in [4.78, 5) is 29.8. The van der Waals surface area contributed by atoms with E-state index < -0.39 is 65.3 Å². The zero-order valence-electron chi connectivity index (χ0n) is 23.7. The first-order valence-electron chi connectivity index (χ1n) is 13.7. The Morgan fingerprint density at radius 3 is 2.02 bits per heavy atom.